The maximum absolute atomic E-state index is 13.9. The summed E-state index contributed by atoms with van der Waals surface area (Å²) in [5.74, 6) is -0.365. The standard InChI is InChI=1S/C13H15ClFN3/c1-3-12-9(7-16-2)8-17-18(12)13-10(14)5-4-6-11(13)15/h4-6,8,16H,3,7H2,1-2H3. The molecule has 5 heteroatoms. The third-order valence-electron chi connectivity index (χ3n) is 2.81. The Balaban J connectivity index is 2.57. The van der Waals surface area contributed by atoms with E-state index in [9.17, 15) is 4.39 Å². The highest BCUT2D eigenvalue weighted by atomic mass is 35.5. The van der Waals surface area contributed by atoms with Crippen molar-refractivity contribution >= 4 is 11.6 Å². The van der Waals surface area contributed by atoms with Gasteiger partial charge >= 0.3 is 0 Å². The molecule has 0 spiro atoms. The highest BCUT2D eigenvalue weighted by molar-refractivity contribution is 6.32. The number of nitrogens with zero attached hydrogens (tertiary/aromatic N) is 2. The van der Waals surface area contributed by atoms with E-state index < -0.39 is 0 Å². The van der Waals surface area contributed by atoms with E-state index in [2.05, 4.69) is 10.4 Å². The van der Waals surface area contributed by atoms with Crippen LogP contribution in [0, 0.1) is 5.82 Å². The SMILES string of the molecule is CCc1c(CNC)cnn1-c1c(F)cccc1Cl. The molecule has 0 bridgehead atoms. The Kier molecular flexibility index (Phi) is 3.99. The number of nitrogens with one attached hydrogen (secondary N) is 1. The lowest BCUT2D eigenvalue weighted by molar-refractivity contribution is 0.606. The van der Waals surface area contributed by atoms with Gasteiger partial charge in [0.25, 0.3) is 0 Å². The van der Waals surface area contributed by atoms with Crippen molar-refractivity contribution in [3.8, 4) is 5.69 Å². The summed E-state index contributed by atoms with van der Waals surface area (Å²) in [5.41, 5.74) is 2.34. The van der Waals surface area contributed by atoms with Crippen molar-refractivity contribution in [1.29, 1.82) is 0 Å². The third-order valence-corrected chi connectivity index (χ3v) is 3.11. The minimum absolute atomic E-state index is 0.318. The average molecular weight is 268 g/mol. The third kappa shape index (κ3) is 2.26. The second kappa shape index (κ2) is 5.50. The van der Waals surface area contributed by atoms with Gasteiger partial charge in [-0.3, -0.25) is 0 Å². The van der Waals surface area contributed by atoms with Gasteiger partial charge in [-0.05, 0) is 25.6 Å². The molecule has 2 aromatic rings. The van der Waals surface area contributed by atoms with Crippen LogP contribution in [0.25, 0.3) is 5.69 Å². The maximum Gasteiger partial charge on any atom is 0.150 e. The summed E-state index contributed by atoms with van der Waals surface area (Å²) in [5, 5.41) is 7.69. The fourth-order valence-electron chi connectivity index (χ4n) is 2.01. The van der Waals surface area contributed by atoms with E-state index >= 15 is 0 Å². The van der Waals surface area contributed by atoms with Crippen LogP contribution in [-0.2, 0) is 13.0 Å². The lowest BCUT2D eigenvalue weighted by atomic mass is 10.2. The van der Waals surface area contributed by atoms with Gasteiger partial charge in [-0.25, -0.2) is 9.07 Å². The van der Waals surface area contributed by atoms with Gasteiger partial charge in [-0.15, -0.1) is 0 Å². The topological polar surface area (TPSA) is 29.9 Å². The minimum Gasteiger partial charge on any atom is -0.316 e. The summed E-state index contributed by atoms with van der Waals surface area (Å²) in [6, 6.07) is 4.64. The zero-order valence-corrected chi connectivity index (χ0v) is 11.1. The Morgan fingerprint density at radius 2 is 2.22 bits per heavy atom. The number of hydrogen-bond acceptors (Lipinski definition) is 2. The first-order valence-corrected chi connectivity index (χ1v) is 6.21. The molecule has 0 aliphatic carbocycles. The van der Waals surface area contributed by atoms with Crippen LogP contribution in [0.1, 0.15) is 18.2 Å². The Hall–Kier alpha value is -1.39. The van der Waals surface area contributed by atoms with Crippen molar-refractivity contribution < 1.29 is 4.39 Å². The second-order valence-corrected chi connectivity index (χ2v) is 4.39. The molecule has 3 nitrogen and oxygen atoms in total. The highest BCUT2D eigenvalue weighted by Gasteiger charge is 2.15. The molecule has 18 heavy (non-hydrogen) atoms. The normalized spacial score (nSPS) is 10.9. The minimum atomic E-state index is -0.365. The molecule has 1 aromatic heterocycles. The van der Waals surface area contributed by atoms with Crippen LogP contribution in [0.4, 0.5) is 4.39 Å². The Bertz CT molecular complexity index is 531. The Morgan fingerprint density at radius 3 is 2.83 bits per heavy atom. The molecule has 0 unspecified atom stereocenters. The predicted molar refractivity (Wildman–Crippen MR) is 70.7 cm³/mol. The Morgan fingerprint density at radius 1 is 1.44 bits per heavy atom. The fourth-order valence-corrected chi connectivity index (χ4v) is 2.25. The molecule has 2 rings (SSSR count). The maximum atomic E-state index is 13.9. The number of rotatable bonds is 4. The molecule has 0 aliphatic heterocycles. The first kappa shape index (κ1) is 13.1. The van der Waals surface area contributed by atoms with Crippen LogP contribution < -0.4 is 5.32 Å². The molecule has 1 aromatic carbocycles. The van der Waals surface area contributed by atoms with E-state index in [-0.39, 0.29) is 5.82 Å². The molecule has 0 radical (unpaired) electrons. The lowest BCUT2D eigenvalue weighted by Gasteiger charge is -2.10. The largest absolute Gasteiger partial charge is 0.316 e. The zero-order valence-electron chi connectivity index (χ0n) is 10.4. The van der Waals surface area contributed by atoms with E-state index in [1.165, 1.54) is 6.07 Å². The van der Waals surface area contributed by atoms with Crippen LogP contribution in [0.5, 0.6) is 0 Å². The first-order chi connectivity index (χ1) is 8.69. The number of para-hydroxylation sites is 1. The highest BCUT2D eigenvalue weighted by Crippen LogP contribution is 2.25. The number of aromatic nitrogens is 2. The summed E-state index contributed by atoms with van der Waals surface area (Å²) in [6.45, 7) is 2.72. The molecular weight excluding hydrogens is 253 g/mol. The molecule has 96 valence electrons. The summed E-state index contributed by atoms with van der Waals surface area (Å²) in [6.07, 6.45) is 2.51. The molecular formula is C13H15ClFN3. The van der Waals surface area contributed by atoms with Gasteiger partial charge < -0.3 is 5.32 Å². The molecule has 1 N–H and O–H groups in total. The first-order valence-electron chi connectivity index (χ1n) is 5.83. The second-order valence-electron chi connectivity index (χ2n) is 3.98. The van der Waals surface area contributed by atoms with Gasteiger partial charge in [0.1, 0.15) is 11.5 Å². The quantitative estimate of drug-likeness (QED) is 0.923. The molecule has 0 fully saturated rings. The zero-order chi connectivity index (χ0) is 13.1. The Labute approximate surface area is 111 Å². The monoisotopic (exact) mass is 267 g/mol. The van der Waals surface area contributed by atoms with E-state index in [1.54, 1.807) is 23.0 Å². The fraction of sp³-hybridized carbons (Fsp3) is 0.308. The summed E-state index contributed by atoms with van der Waals surface area (Å²) in [7, 11) is 1.87. The van der Waals surface area contributed by atoms with Crippen molar-refractivity contribution in [2.24, 2.45) is 0 Å². The van der Waals surface area contributed by atoms with Crippen molar-refractivity contribution in [3.63, 3.8) is 0 Å². The predicted octanol–water partition coefficient (Wildman–Crippen LogP) is 2.95. The van der Waals surface area contributed by atoms with Gasteiger partial charge in [0.2, 0.25) is 0 Å². The van der Waals surface area contributed by atoms with Crippen molar-refractivity contribution in [2.45, 2.75) is 19.9 Å². The molecule has 0 atom stereocenters. The van der Waals surface area contributed by atoms with Gasteiger partial charge in [0.05, 0.1) is 11.2 Å². The van der Waals surface area contributed by atoms with Crippen LogP contribution >= 0.6 is 11.6 Å². The van der Waals surface area contributed by atoms with Crippen molar-refractivity contribution in [1.82, 2.24) is 15.1 Å². The van der Waals surface area contributed by atoms with Crippen LogP contribution in [-0.4, -0.2) is 16.8 Å². The number of hydrogen-bond donors (Lipinski definition) is 1. The van der Waals surface area contributed by atoms with Crippen LogP contribution in [0.3, 0.4) is 0 Å². The van der Waals surface area contributed by atoms with E-state index in [0.717, 1.165) is 17.7 Å². The van der Waals surface area contributed by atoms with E-state index in [0.29, 0.717) is 17.3 Å². The summed E-state index contributed by atoms with van der Waals surface area (Å²) >= 11 is 6.06. The molecule has 0 aliphatic rings. The van der Waals surface area contributed by atoms with Gasteiger partial charge in [-0.1, -0.05) is 24.6 Å². The van der Waals surface area contributed by atoms with Gasteiger partial charge in [0, 0.05) is 17.8 Å². The van der Waals surface area contributed by atoms with Crippen molar-refractivity contribution in [2.75, 3.05) is 7.05 Å². The van der Waals surface area contributed by atoms with E-state index in [4.69, 9.17) is 11.6 Å². The molecule has 0 saturated heterocycles. The summed E-state index contributed by atoms with van der Waals surface area (Å²) < 4.78 is 15.5. The van der Waals surface area contributed by atoms with Crippen LogP contribution in [0.15, 0.2) is 24.4 Å². The van der Waals surface area contributed by atoms with Crippen molar-refractivity contribution in [3.05, 3.63) is 46.5 Å². The molecule has 0 saturated carbocycles. The molecule has 1 heterocycles. The van der Waals surface area contributed by atoms with E-state index in [1.807, 2.05) is 14.0 Å². The lowest BCUT2D eigenvalue weighted by Crippen LogP contribution is -2.09. The smallest absolute Gasteiger partial charge is 0.150 e. The molecule has 0 amide bonds. The summed E-state index contributed by atoms with van der Waals surface area (Å²) in [4.78, 5) is 0. The number of benzene rings is 1. The van der Waals surface area contributed by atoms with Gasteiger partial charge in [-0.2, -0.15) is 5.10 Å². The van der Waals surface area contributed by atoms with Crippen LogP contribution in [0.2, 0.25) is 5.02 Å². The number of halogens is 2. The van der Waals surface area contributed by atoms with Gasteiger partial charge in [0.15, 0.2) is 0 Å². The average Bonchev–Trinajstić information content (AvgIpc) is 2.72.